The molecule has 1 aliphatic heterocycles. The van der Waals surface area contributed by atoms with E-state index < -0.39 is 124 Å². The second-order valence-electron chi connectivity index (χ2n) is 16.1. The fraction of sp³-hybridized carbons (Fsp3) is 0.610. The number of hydrogen-bond acceptors (Lipinski definition) is 16. The van der Waals surface area contributed by atoms with Crippen LogP contribution in [0.4, 0.5) is 0 Å². The van der Waals surface area contributed by atoms with Crippen LogP contribution in [0.1, 0.15) is 60.9 Å². The standard InChI is InChI=1S/C41H61N6O20P/c48-30(22-44-13-15-45(23-35(52)53)17-19-47(25-37(56)57)20-18-46(16-14-44)24-36(54)55)3-1-2-27-4-6-28(7-5-27)38(58)43-31(40(61)62)9-10-33(49)42-32(41(63)64)12-21-67-68(65,66)26-29(39(59)60)8-11-34(50)51/h4-7,29,31-32H,1-3,8-26H2,(H,42,49)(H,43,58)(H,50,51)(H,52,53)(H,54,55)(H,56,57)(H,59,60)(H,61,62)(H,63,64)(H,65,66)/t29-,31+,32+/m1/s1. The van der Waals surface area contributed by atoms with Gasteiger partial charge in [0, 0.05) is 83.6 Å². The molecule has 68 heavy (non-hydrogen) atoms. The molecule has 10 N–H and O–H groups in total. The molecule has 4 atom stereocenters. The number of rotatable bonds is 30. The van der Waals surface area contributed by atoms with Gasteiger partial charge in [-0.3, -0.25) is 62.5 Å². The molecule has 26 nitrogen and oxygen atoms in total. The highest BCUT2D eigenvalue weighted by atomic mass is 31.2. The molecule has 27 heteroatoms. The van der Waals surface area contributed by atoms with Crippen LogP contribution < -0.4 is 10.6 Å². The van der Waals surface area contributed by atoms with Crippen molar-refractivity contribution >= 4 is 67.0 Å². The van der Waals surface area contributed by atoms with Crippen LogP contribution in [-0.4, -0.2) is 223 Å². The predicted octanol–water partition coefficient (Wildman–Crippen LogP) is -1.26. The molecule has 380 valence electrons. The maximum Gasteiger partial charge on any atom is 0.328 e. The van der Waals surface area contributed by atoms with E-state index in [1.807, 2.05) is 4.90 Å². The van der Waals surface area contributed by atoms with E-state index in [9.17, 15) is 88.0 Å². The minimum absolute atomic E-state index is 0.0140. The van der Waals surface area contributed by atoms with Crippen molar-refractivity contribution in [2.24, 2.45) is 5.92 Å². The van der Waals surface area contributed by atoms with Crippen LogP contribution >= 0.6 is 7.60 Å². The Labute approximate surface area is 390 Å². The molecule has 0 saturated carbocycles. The number of carboxylic acid groups (broad SMARTS) is 7. The zero-order valence-corrected chi connectivity index (χ0v) is 38.2. The van der Waals surface area contributed by atoms with E-state index in [1.165, 1.54) is 12.1 Å². The second kappa shape index (κ2) is 29.8. The number of benzene rings is 1. The third kappa shape index (κ3) is 24.8. The first kappa shape index (κ1) is 58.2. The summed E-state index contributed by atoms with van der Waals surface area (Å²) in [4.78, 5) is 136. The average Bonchev–Trinajstić information content (AvgIpc) is 3.23. The smallest absolute Gasteiger partial charge is 0.328 e. The molecule has 0 aliphatic carbocycles. The number of nitrogens with zero attached hydrogens (tertiary/aromatic N) is 4. The summed E-state index contributed by atoms with van der Waals surface area (Å²) in [5.74, 6) is -12.5. The van der Waals surface area contributed by atoms with Gasteiger partial charge in [-0.1, -0.05) is 12.1 Å². The van der Waals surface area contributed by atoms with Crippen LogP contribution in [0.15, 0.2) is 24.3 Å². The lowest BCUT2D eigenvalue weighted by atomic mass is 10.0. The lowest BCUT2D eigenvalue weighted by Crippen LogP contribution is -2.49. The Bertz CT molecular complexity index is 1940. The molecule has 0 bridgehead atoms. The number of aliphatic carboxylic acids is 7. The van der Waals surface area contributed by atoms with Crippen molar-refractivity contribution < 1.29 is 97.7 Å². The van der Waals surface area contributed by atoms with Crippen molar-refractivity contribution in [3.05, 3.63) is 35.4 Å². The molecule has 1 aromatic carbocycles. The zero-order valence-electron chi connectivity index (χ0n) is 37.3. The fourth-order valence-electron chi connectivity index (χ4n) is 6.96. The van der Waals surface area contributed by atoms with Gasteiger partial charge < -0.3 is 55.8 Å². The van der Waals surface area contributed by atoms with Crippen molar-refractivity contribution in [2.45, 2.75) is 63.5 Å². The number of ketones is 1. The van der Waals surface area contributed by atoms with Crippen molar-refractivity contribution in [1.29, 1.82) is 0 Å². The van der Waals surface area contributed by atoms with Gasteiger partial charge in [0.05, 0.1) is 44.9 Å². The highest BCUT2D eigenvalue weighted by Crippen LogP contribution is 2.44. The number of carbonyl (C=O) groups is 10. The van der Waals surface area contributed by atoms with Gasteiger partial charge in [0.25, 0.3) is 5.91 Å². The molecule has 1 fully saturated rings. The molecule has 1 saturated heterocycles. The van der Waals surface area contributed by atoms with Gasteiger partial charge in [0.2, 0.25) is 5.91 Å². The number of carboxylic acids is 7. The van der Waals surface area contributed by atoms with Gasteiger partial charge in [-0.2, -0.15) is 0 Å². The summed E-state index contributed by atoms with van der Waals surface area (Å²) in [7, 11) is -4.63. The third-order valence-electron chi connectivity index (χ3n) is 10.6. The SMILES string of the molecule is O=C(O)CC[C@H](CP(=O)(O)OCC[C@H](NC(=O)CC[C@H](NC(=O)c1ccc(CCCC(=O)CN2CCN(CC(=O)O)CCN(CC(=O)O)CCN(CC(=O)O)CC2)cc1)C(=O)O)C(=O)O)C(=O)O. The average molecular weight is 989 g/mol. The highest BCUT2D eigenvalue weighted by Gasteiger charge is 2.32. The molecule has 1 aromatic rings. The van der Waals surface area contributed by atoms with Gasteiger partial charge in [-0.25, -0.2) is 9.59 Å². The Morgan fingerprint density at radius 2 is 1.01 bits per heavy atom. The number of Topliss-reactive ketones (excluding diaryl/α,β-unsaturated/α-hetero) is 1. The van der Waals surface area contributed by atoms with Crippen molar-refractivity contribution in [3.63, 3.8) is 0 Å². The Morgan fingerprint density at radius 3 is 1.44 bits per heavy atom. The van der Waals surface area contributed by atoms with E-state index in [0.717, 1.165) is 5.56 Å². The molecule has 2 rings (SSSR count). The first-order valence-electron chi connectivity index (χ1n) is 21.5. The number of carbonyl (C=O) groups excluding carboxylic acids is 3. The van der Waals surface area contributed by atoms with Crippen LogP contribution in [-0.2, 0) is 58.7 Å². The van der Waals surface area contributed by atoms with E-state index in [0.29, 0.717) is 25.9 Å². The van der Waals surface area contributed by atoms with Gasteiger partial charge in [0.1, 0.15) is 17.9 Å². The molecular formula is C41H61N6O20P. The first-order chi connectivity index (χ1) is 31.9. The van der Waals surface area contributed by atoms with Crippen molar-refractivity contribution in [2.75, 3.05) is 91.3 Å². The molecule has 0 spiro atoms. The normalized spacial score (nSPS) is 16.9. The molecule has 0 radical (unpaired) electrons. The number of nitrogens with one attached hydrogen (secondary N) is 2. The third-order valence-corrected chi connectivity index (χ3v) is 12.1. The number of aryl methyl sites for hydroxylation is 1. The van der Waals surface area contributed by atoms with E-state index >= 15 is 0 Å². The minimum atomic E-state index is -4.63. The van der Waals surface area contributed by atoms with Crippen LogP contribution in [0.25, 0.3) is 0 Å². The molecule has 1 unspecified atom stereocenters. The summed E-state index contributed by atoms with van der Waals surface area (Å²) in [6.45, 7) is 0.440. The lowest BCUT2D eigenvalue weighted by molar-refractivity contribution is -0.143. The maximum absolute atomic E-state index is 13.2. The van der Waals surface area contributed by atoms with Crippen LogP contribution in [0, 0.1) is 5.92 Å². The number of hydrogen-bond donors (Lipinski definition) is 10. The zero-order chi connectivity index (χ0) is 51.0. The molecule has 2 amide bonds. The van der Waals surface area contributed by atoms with Crippen LogP contribution in [0.2, 0.25) is 0 Å². The van der Waals surface area contributed by atoms with Gasteiger partial charge in [-0.05, 0) is 43.4 Å². The van der Waals surface area contributed by atoms with Gasteiger partial charge >= 0.3 is 49.4 Å². The minimum Gasteiger partial charge on any atom is -0.481 e. The van der Waals surface area contributed by atoms with E-state index in [4.69, 9.17) is 9.63 Å². The topological polar surface area (TPSA) is 396 Å². The number of amides is 2. The largest absolute Gasteiger partial charge is 0.481 e. The van der Waals surface area contributed by atoms with E-state index in [-0.39, 0.29) is 83.2 Å². The van der Waals surface area contributed by atoms with Crippen LogP contribution in [0.3, 0.4) is 0 Å². The Hall–Kier alpha value is -5.89. The summed E-state index contributed by atoms with van der Waals surface area (Å²) in [6, 6.07) is 2.83. The van der Waals surface area contributed by atoms with E-state index in [1.54, 1.807) is 26.8 Å². The fourth-order valence-corrected chi connectivity index (χ4v) is 8.35. The lowest BCUT2D eigenvalue weighted by Gasteiger charge is -2.32. The van der Waals surface area contributed by atoms with Crippen molar-refractivity contribution in [1.82, 2.24) is 30.2 Å². The summed E-state index contributed by atoms with van der Waals surface area (Å²) in [6.07, 6.45) is -2.59. The summed E-state index contributed by atoms with van der Waals surface area (Å²) >= 11 is 0. The Balaban J connectivity index is 1.91. The van der Waals surface area contributed by atoms with Crippen molar-refractivity contribution in [3.8, 4) is 0 Å². The molecule has 1 aliphatic rings. The highest BCUT2D eigenvalue weighted by molar-refractivity contribution is 7.52. The quantitative estimate of drug-likeness (QED) is 0.0402. The Morgan fingerprint density at radius 1 is 0.559 bits per heavy atom. The second-order valence-corrected chi connectivity index (χ2v) is 18.0. The predicted molar refractivity (Wildman–Crippen MR) is 234 cm³/mol. The Kier molecular flexibility index (Phi) is 25.5. The summed E-state index contributed by atoms with van der Waals surface area (Å²) in [5, 5.41) is 69.9. The molecular weight excluding hydrogens is 927 g/mol. The van der Waals surface area contributed by atoms with Crippen LogP contribution in [0.5, 0.6) is 0 Å². The van der Waals surface area contributed by atoms with Gasteiger partial charge in [0.15, 0.2) is 0 Å². The first-order valence-corrected chi connectivity index (χ1v) is 23.3. The van der Waals surface area contributed by atoms with Gasteiger partial charge in [-0.15, -0.1) is 0 Å². The van der Waals surface area contributed by atoms with E-state index in [2.05, 4.69) is 10.6 Å². The maximum atomic E-state index is 13.2. The summed E-state index contributed by atoms with van der Waals surface area (Å²) < 4.78 is 17.2. The molecule has 1 heterocycles. The monoisotopic (exact) mass is 988 g/mol. The molecule has 0 aromatic heterocycles. The summed E-state index contributed by atoms with van der Waals surface area (Å²) in [5.41, 5.74) is 0.820.